The molecule has 1 aromatic carbocycles. The number of anilines is 1. The van der Waals surface area contributed by atoms with E-state index in [9.17, 15) is 10.1 Å². The molecule has 0 amide bonds. The quantitative estimate of drug-likeness (QED) is 0.645. The van der Waals surface area contributed by atoms with Crippen LogP contribution in [0, 0.1) is 10.1 Å². The molecule has 0 saturated heterocycles. The summed E-state index contributed by atoms with van der Waals surface area (Å²) in [6.45, 7) is 0.393. The van der Waals surface area contributed by atoms with Gasteiger partial charge in [0.05, 0.1) is 30.8 Å². The van der Waals surface area contributed by atoms with Crippen LogP contribution in [0.5, 0.6) is 5.75 Å². The number of benzene rings is 1. The molecule has 18 heavy (non-hydrogen) atoms. The highest BCUT2D eigenvalue weighted by Crippen LogP contribution is 2.26. The van der Waals surface area contributed by atoms with Crippen LogP contribution in [0.2, 0.25) is 0 Å². The lowest BCUT2D eigenvalue weighted by molar-refractivity contribution is -0.384. The number of nitro benzene ring substituents is 1. The third kappa shape index (κ3) is 2.76. The van der Waals surface area contributed by atoms with Gasteiger partial charge >= 0.3 is 0 Å². The second-order valence-electron chi connectivity index (χ2n) is 3.51. The van der Waals surface area contributed by atoms with E-state index in [1.807, 2.05) is 0 Å². The van der Waals surface area contributed by atoms with Gasteiger partial charge in [-0.1, -0.05) is 5.16 Å². The number of aromatic nitrogens is 1. The average Bonchev–Trinajstić information content (AvgIpc) is 2.89. The van der Waals surface area contributed by atoms with Crippen LogP contribution in [0.25, 0.3) is 0 Å². The maximum Gasteiger partial charge on any atom is 0.275 e. The van der Waals surface area contributed by atoms with Crippen LogP contribution in [0.4, 0.5) is 11.4 Å². The van der Waals surface area contributed by atoms with Crippen LogP contribution in [0.1, 0.15) is 5.76 Å². The molecule has 0 aliphatic rings. The Morgan fingerprint density at radius 1 is 1.50 bits per heavy atom. The number of hydrogen-bond acceptors (Lipinski definition) is 6. The van der Waals surface area contributed by atoms with E-state index < -0.39 is 4.92 Å². The molecule has 94 valence electrons. The summed E-state index contributed by atoms with van der Waals surface area (Å²) in [4.78, 5) is 10.3. The molecule has 0 atom stereocenters. The van der Waals surface area contributed by atoms with E-state index >= 15 is 0 Å². The SMILES string of the molecule is COc1cc(NCc2ccno2)cc([N+](=O)[O-])c1. The number of nitrogens with one attached hydrogen (secondary N) is 1. The Hall–Kier alpha value is -2.57. The van der Waals surface area contributed by atoms with E-state index in [1.54, 1.807) is 12.1 Å². The minimum Gasteiger partial charge on any atom is -0.496 e. The molecule has 0 fully saturated rings. The van der Waals surface area contributed by atoms with E-state index in [1.165, 1.54) is 25.4 Å². The van der Waals surface area contributed by atoms with Gasteiger partial charge in [-0.2, -0.15) is 0 Å². The number of nitrogens with zero attached hydrogens (tertiary/aromatic N) is 2. The normalized spacial score (nSPS) is 10.1. The summed E-state index contributed by atoms with van der Waals surface area (Å²) in [5.74, 6) is 1.06. The average molecular weight is 249 g/mol. The second-order valence-corrected chi connectivity index (χ2v) is 3.51. The minimum atomic E-state index is -0.470. The Morgan fingerprint density at radius 2 is 2.33 bits per heavy atom. The van der Waals surface area contributed by atoms with Crippen molar-refractivity contribution in [3.05, 3.63) is 46.3 Å². The summed E-state index contributed by atoms with van der Waals surface area (Å²) < 4.78 is 9.91. The van der Waals surface area contributed by atoms with Crippen molar-refractivity contribution in [1.29, 1.82) is 0 Å². The molecule has 7 heteroatoms. The van der Waals surface area contributed by atoms with Crippen molar-refractivity contribution >= 4 is 11.4 Å². The van der Waals surface area contributed by atoms with Crippen molar-refractivity contribution in [3.63, 3.8) is 0 Å². The highest BCUT2D eigenvalue weighted by molar-refractivity contribution is 5.56. The highest BCUT2D eigenvalue weighted by atomic mass is 16.6. The molecule has 0 spiro atoms. The standard InChI is InChI=1S/C11H11N3O4/c1-17-11-5-8(4-9(6-11)14(15)16)12-7-10-2-3-13-18-10/h2-6,12H,7H2,1H3. The molecule has 0 bridgehead atoms. The fourth-order valence-corrected chi connectivity index (χ4v) is 1.43. The Labute approximate surface area is 103 Å². The zero-order valence-corrected chi connectivity index (χ0v) is 9.62. The maximum absolute atomic E-state index is 10.7. The summed E-state index contributed by atoms with van der Waals surface area (Å²) in [5, 5.41) is 17.3. The smallest absolute Gasteiger partial charge is 0.275 e. The molecule has 0 radical (unpaired) electrons. The van der Waals surface area contributed by atoms with E-state index in [4.69, 9.17) is 9.26 Å². The largest absolute Gasteiger partial charge is 0.496 e. The number of non-ortho nitro benzene ring substituents is 1. The third-order valence-electron chi connectivity index (χ3n) is 2.30. The van der Waals surface area contributed by atoms with E-state index in [0.29, 0.717) is 23.7 Å². The van der Waals surface area contributed by atoms with Crippen LogP contribution in [0.3, 0.4) is 0 Å². The number of hydrogen-bond donors (Lipinski definition) is 1. The molecule has 0 aliphatic heterocycles. The fraction of sp³-hybridized carbons (Fsp3) is 0.182. The van der Waals surface area contributed by atoms with Crippen LogP contribution in [-0.4, -0.2) is 17.2 Å². The summed E-state index contributed by atoms with van der Waals surface area (Å²) in [7, 11) is 1.46. The molecular formula is C11H11N3O4. The molecule has 0 unspecified atom stereocenters. The minimum absolute atomic E-state index is 0.0329. The van der Waals surface area contributed by atoms with E-state index in [-0.39, 0.29) is 5.69 Å². The first-order valence-electron chi connectivity index (χ1n) is 5.16. The van der Waals surface area contributed by atoms with E-state index in [0.717, 1.165) is 0 Å². The van der Waals surface area contributed by atoms with Gasteiger partial charge in [-0.3, -0.25) is 10.1 Å². The Kier molecular flexibility index (Phi) is 3.42. The van der Waals surface area contributed by atoms with Crippen molar-refractivity contribution in [2.24, 2.45) is 0 Å². The molecular weight excluding hydrogens is 238 g/mol. The Morgan fingerprint density at radius 3 is 2.94 bits per heavy atom. The fourth-order valence-electron chi connectivity index (χ4n) is 1.43. The predicted octanol–water partition coefficient (Wildman–Crippen LogP) is 2.20. The first-order valence-corrected chi connectivity index (χ1v) is 5.16. The lowest BCUT2D eigenvalue weighted by Crippen LogP contribution is -2.00. The maximum atomic E-state index is 10.7. The number of nitro groups is 1. The van der Waals surface area contributed by atoms with Gasteiger partial charge in [-0.15, -0.1) is 0 Å². The van der Waals surface area contributed by atoms with Gasteiger partial charge in [0, 0.05) is 23.9 Å². The zero-order valence-electron chi connectivity index (χ0n) is 9.62. The van der Waals surface area contributed by atoms with Crippen molar-refractivity contribution in [2.45, 2.75) is 6.54 Å². The molecule has 1 heterocycles. The van der Waals surface area contributed by atoms with Gasteiger partial charge in [0.15, 0.2) is 5.76 Å². The first kappa shape index (κ1) is 11.9. The van der Waals surface area contributed by atoms with Gasteiger partial charge in [-0.05, 0) is 0 Å². The summed E-state index contributed by atoms with van der Waals surface area (Å²) in [5.41, 5.74) is 0.548. The lowest BCUT2D eigenvalue weighted by Gasteiger charge is -2.06. The van der Waals surface area contributed by atoms with Gasteiger partial charge < -0.3 is 14.6 Å². The Bertz CT molecular complexity index is 539. The molecule has 2 rings (SSSR count). The lowest BCUT2D eigenvalue weighted by atomic mass is 10.2. The van der Waals surface area contributed by atoms with E-state index in [2.05, 4.69) is 10.5 Å². The van der Waals surface area contributed by atoms with Crippen molar-refractivity contribution in [2.75, 3.05) is 12.4 Å². The summed E-state index contributed by atoms with van der Waals surface area (Å²) in [6, 6.07) is 6.17. The van der Waals surface area contributed by atoms with Crippen LogP contribution in [0.15, 0.2) is 35.0 Å². The third-order valence-corrected chi connectivity index (χ3v) is 2.30. The molecule has 1 N–H and O–H groups in total. The number of ether oxygens (including phenoxy) is 1. The molecule has 0 aliphatic carbocycles. The van der Waals surface area contributed by atoms with Crippen molar-refractivity contribution in [3.8, 4) is 5.75 Å². The topological polar surface area (TPSA) is 90.4 Å². The van der Waals surface area contributed by atoms with Crippen LogP contribution >= 0.6 is 0 Å². The highest BCUT2D eigenvalue weighted by Gasteiger charge is 2.10. The predicted molar refractivity (Wildman–Crippen MR) is 63.5 cm³/mol. The monoisotopic (exact) mass is 249 g/mol. The van der Waals surface area contributed by atoms with Gasteiger partial charge in [-0.25, -0.2) is 0 Å². The number of methoxy groups -OCH3 is 1. The molecule has 2 aromatic rings. The van der Waals surface area contributed by atoms with Gasteiger partial charge in [0.1, 0.15) is 5.75 Å². The second kappa shape index (κ2) is 5.17. The first-order chi connectivity index (χ1) is 8.69. The van der Waals surface area contributed by atoms with Crippen LogP contribution < -0.4 is 10.1 Å². The Balaban J connectivity index is 2.16. The summed E-state index contributed by atoms with van der Waals surface area (Å²) in [6.07, 6.45) is 1.53. The molecule has 0 saturated carbocycles. The summed E-state index contributed by atoms with van der Waals surface area (Å²) >= 11 is 0. The molecule has 1 aromatic heterocycles. The van der Waals surface area contributed by atoms with Gasteiger partial charge in [0.2, 0.25) is 0 Å². The zero-order chi connectivity index (χ0) is 13.0. The van der Waals surface area contributed by atoms with Crippen molar-refractivity contribution < 1.29 is 14.2 Å². The molecule has 7 nitrogen and oxygen atoms in total. The van der Waals surface area contributed by atoms with Gasteiger partial charge in [0.25, 0.3) is 5.69 Å². The van der Waals surface area contributed by atoms with Crippen molar-refractivity contribution in [1.82, 2.24) is 5.16 Å². The number of rotatable bonds is 5. The van der Waals surface area contributed by atoms with Crippen LogP contribution in [-0.2, 0) is 6.54 Å².